The molecule has 21 heavy (non-hydrogen) atoms. The maximum atomic E-state index is 6.12. The first-order chi connectivity index (χ1) is 10.2. The predicted molar refractivity (Wildman–Crippen MR) is 88.9 cm³/mol. The van der Waals surface area contributed by atoms with Gasteiger partial charge in [-0.1, -0.05) is 19.1 Å². The minimum absolute atomic E-state index is 0.477. The van der Waals surface area contributed by atoms with Crippen molar-refractivity contribution < 1.29 is 0 Å². The van der Waals surface area contributed by atoms with E-state index < -0.39 is 0 Å². The van der Waals surface area contributed by atoms with Gasteiger partial charge in [-0.3, -0.25) is 0 Å². The Labute approximate surface area is 131 Å². The van der Waals surface area contributed by atoms with Gasteiger partial charge in [0.1, 0.15) is 5.82 Å². The summed E-state index contributed by atoms with van der Waals surface area (Å²) in [6.45, 7) is 9.18. The number of aromatic nitrogens is 2. The number of para-hydroxylation sites is 1. The number of hydrogen-bond donors (Lipinski definition) is 0. The van der Waals surface area contributed by atoms with Crippen molar-refractivity contribution in [2.24, 2.45) is 5.92 Å². The second-order valence-electron chi connectivity index (χ2n) is 6.33. The SMILES string of the molecule is Cc1cccc2nc(CCl)n(CC(C)CN3CCCC3)c12. The second kappa shape index (κ2) is 6.37. The molecular weight excluding hydrogens is 282 g/mol. The first-order valence-electron chi connectivity index (χ1n) is 7.92. The Balaban J connectivity index is 1.84. The van der Waals surface area contributed by atoms with Crippen molar-refractivity contribution in [2.75, 3.05) is 19.6 Å². The molecule has 1 aromatic carbocycles. The molecule has 1 aliphatic heterocycles. The Morgan fingerprint density at radius 1 is 1.24 bits per heavy atom. The van der Waals surface area contributed by atoms with E-state index in [1.54, 1.807) is 0 Å². The molecule has 0 amide bonds. The standard InChI is InChI=1S/C17H24ClN3/c1-13(11-20-8-3-4-9-20)12-21-16(10-18)19-15-7-5-6-14(2)17(15)21/h5-7,13H,3-4,8-12H2,1-2H3. The van der Waals surface area contributed by atoms with Gasteiger partial charge in [0, 0.05) is 13.1 Å². The average molecular weight is 306 g/mol. The fraction of sp³-hybridized carbons (Fsp3) is 0.588. The van der Waals surface area contributed by atoms with Gasteiger partial charge in [-0.15, -0.1) is 11.6 Å². The number of nitrogens with zero attached hydrogens (tertiary/aromatic N) is 3. The van der Waals surface area contributed by atoms with E-state index in [9.17, 15) is 0 Å². The van der Waals surface area contributed by atoms with Crippen LogP contribution in [0.4, 0.5) is 0 Å². The zero-order chi connectivity index (χ0) is 14.8. The van der Waals surface area contributed by atoms with Crippen LogP contribution in [-0.2, 0) is 12.4 Å². The topological polar surface area (TPSA) is 21.1 Å². The third-order valence-corrected chi connectivity index (χ3v) is 4.67. The third kappa shape index (κ3) is 3.09. The van der Waals surface area contributed by atoms with E-state index in [1.807, 2.05) is 0 Å². The highest BCUT2D eigenvalue weighted by Gasteiger charge is 2.18. The van der Waals surface area contributed by atoms with Crippen molar-refractivity contribution in [1.29, 1.82) is 0 Å². The summed E-state index contributed by atoms with van der Waals surface area (Å²) in [5, 5.41) is 0. The summed E-state index contributed by atoms with van der Waals surface area (Å²) in [7, 11) is 0. The summed E-state index contributed by atoms with van der Waals surface area (Å²) in [6, 6.07) is 6.31. The van der Waals surface area contributed by atoms with E-state index in [0.717, 1.165) is 17.9 Å². The van der Waals surface area contributed by atoms with Crippen molar-refractivity contribution in [2.45, 2.75) is 39.1 Å². The molecule has 4 heteroatoms. The van der Waals surface area contributed by atoms with Crippen LogP contribution in [0.25, 0.3) is 11.0 Å². The van der Waals surface area contributed by atoms with Crippen LogP contribution < -0.4 is 0 Å². The van der Waals surface area contributed by atoms with E-state index in [0.29, 0.717) is 11.8 Å². The molecule has 114 valence electrons. The van der Waals surface area contributed by atoms with E-state index in [2.05, 4.69) is 41.5 Å². The summed E-state index contributed by atoms with van der Waals surface area (Å²) < 4.78 is 2.33. The number of benzene rings is 1. The summed E-state index contributed by atoms with van der Waals surface area (Å²) >= 11 is 6.12. The Kier molecular flexibility index (Phi) is 4.51. The number of alkyl halides is 1. The lowest BCUT2D eigenvalue weighted by molar-refractivity contribution is 0.272. The minimum atomic E-state index is 0.477. The predicted octanol–water partition coefficient (Wildman–Crippen LogP) is 3.82. The van der Waals surface area contributed by atoms with Crippen molar-refractivity contribution >= 4 is 22.6 Å². The fourth-order valence-corrected chi connectivity index (χ4v) is 3.69. The maximum absolute atomic E-state index is 6.12. The molecule has 3 nitrogen and oxygen atoms in total. The number of hydrogen-bond acceptors (Lipinski definition) is 2. The van der Waals surface area contributed by atoms with Crippen molar-refractivity contribution in [3.8, 4) is 0 Å². The molecule has 2 heterocycles. The molecule has 1 atom stereocenters. The van der Waals surface area contributed by atoms with Crippen LogP contribution in [0.2, 0.25) is 0 Å². The van der Waals surface area contributed by atoms with Crippen LogP contribution >= 0.6 is 11.6 Å². The number of aryl methyl sites for hydroxylation is 1. The van der Waals surface area contributed by atoms with Gasteiger partial charge in [0.2, 0.25) is 0 Å². The Bertz CT molecular complexity index is 614. The molecule has 1 aliphatic rings. The Morgan fingerprint density at radius 2 is 2.00 bits per heavy atom. The number of rotatable bonds is 5. The fourth-order valence-electron chi connectivity index (χ4n) is 3.49. The van der Waals surface area contributed by atoms with Crippen LogP contribution in [-0.4, -0.2) is 34.1 Å². The van der Waals surface area contributed by atoms with Crippen molar-refractivity contribution in [3.05, 3.63) is 29.6 Å². The average Bonchev–Trinajstić information content (AvgIpc) is 3.07. The molecule has 1 aromatic heterocycles. The monoisotopic (exact) mass is 305 g/mol. The summed E-state index contributed by atoms with van der Waals surface area (Å²) in [4.78, 5) is 7.27. The number of fused-ring (bicyclic) bond motifs is 1. The Hall–Kier alpha value is -1.06. The third-order valence-electron chi connectivity index (χ3n) is 4.43. The lowest BCUT2D eigenvalue weighted by Gasteiger charge is -2.21. The highest BCUT2D eigenvalue weighted by molar-refractivity contribution is 6.16. The molecule has 0 bridgehead atoms. The van der Waals surface area contributed by atoms with Crippen LogP contribution in [0.15, 0.2) is 18.2 Å². The number of imidazole rings is 1. The summed E-state index contributed by atoms with van der Waals surface area (Å²) in [6.07, 6.45) is 2.71. The highest BCUT2D eigenvalue weighted by Crippen LogP contribution is 2.23. The molecule has 1 saturated heterocycles. The van der Waals surface area contributed by atoms with Gasteiger partial charge >= 0.3 is 0 Å². The molecule has 1 unspecified atom stereocenters. The van der Waals surface area contributed by atoms with Crippen LogP contribution in [0.1, 0.15) is 31.2 Å². The number of halogens is 1. The van der Waals surface area contributed by atoms with Crippen molar-refractivity contribution in [3.63, 3.8) is 0 Å². The minimum Gasteiger partial charge on any atom is -0.326 e. The molecule has 3 rings (SSSR count). The zero-order valence-corrected chi connectivity index (χ0v) is 13.7. The van der Waals surface area contributed by atoms with Gasteiger partial charge in [-0.25, -0.2) is 4.98 Å². The quantitative estimate of drug-likeness (QED) is 0.783. The van der Waals surface area contributed by atoms with Gasteiger partial charge in [-0.2, -0.15) is 0 Å². The molecule has 0 spiro atoms. The van der Waals surface area contributed by atoms with E-state index in [4.69, 9.17) is 16.6 Å². The van der Waals surface area contributed by atoms with E-state index >= 15 is 0 Å². The van der Waals surface area contributed by atoms with Gasteiger partial charge in [0.05, 0.1) is 16.9 Å². The molecular formula is C17H24ClN3. The van der Waals surface area contributed by atoms with Gasteiger partial charge in [-0.05, 0) is 50.4 Å². The summed E-state index contributed by atoms with van der Waals surface area (Å²) in [5.41, 5.74) is 3.60. The lowest BCUT2D eigenvalue weighted by Crippen LogP contribution is -2.27. The van der Waals surface area contributed by atoms with Crippen LogP contribution in [0.3, 0.4) is 0 Å². The molecule has 0 radical (unpaired) electrons. The zero-order valence-electron chi connectivity index (χ0n) is 13.0. The molecule has 0 N–H and O–H groups in total. The normalized spacial score (nSPS) is 17.7. The van der Waals surface area contributed by atoms with Crippen LogP contribution in [0.5, 0.6) is 0 Å². The van der Waals surface area contributed by atoms with Gasteiger partial charge in [0.25, 0.3) is 0 Å². The Morgan fingerprint density at radius 3 is 2.71 bits per heavy atom. The van der Waals surface area contributed by atoms with Crippen molar-refractivity contribution in [1.82, 2.24) is 14.5 Å². The molecule has 0 aliphatic carbocycles. The van der Waals surface area contributed by atoms with Gasteiger partial charge in [0.15, 0.2) is 0 Å². The molecule has 2 aromatic rings. The lowest BCUT2D eigenvalue weighted by atomic mass is 10.1. The van der Waals surface area contributed by atoms with Crippen LogP contribution in [0, 0.1) is 12.8 Å². The highest BCUT2D eigenvalue weighted by atomic mass is 35.5. The maximum Gasteiger partial charge on any atom is 0.124 e. The smallest absolute Gasteiger partial charge is 0.124 e. The van der Waals surface area contributed by atoms with Gasteiger partial charge < -0.3 is 9.47 Å². The number of likely N-dealkylation sites (tertiary alicyclic amines) is 1. The van der Waals surface area contributed by atoms with E-state index in [-0.39, 0.29) is 0 Å². The molecule has 1 fully saturated rings. The first-order valence-corrected chi connectivity index (χ1v) is 8.45. The molecule has 0 saturated carbocycles. The van der Waals surface area contributed by atoms with E-state index in [1.165, 1.54) is 43.6 Å². The largest absolute Gasteiger partial charge is 0.326 e. The second-order valence-corrected chi connectivity index (χ2v) is 6.60. The first kappa shape index (κ1) is 14.9. The summed E-state index contributed by atoms with van der Waals surface area (Å²) in [5.74, 6) is 2.08.